The number of hydrogen-bond acceptors (Lipinski definition) is 4. The van der Waals surface area contributed by atoms with E-state index < -0.39 is 7.82 Å². The highest BCUT2D eigenvalue weighted by atomic mass is 31.2. The van der Waals surface area contributed by atoms with E-state index in [1.54, 1.807) is 0 Å². The summed E-state index contributed by atoms with van der Waals surface area (Å²) in [6.45, 7) is 0.251. The molecule has 5 heteroatoms. The molecule has 0 saturated heterocycles. The number of benzene rings is 4. The molecule has 0 aromatic heterocycles. The van der Waals surface area contributed by atoms with E-state index in [1.165, 1.54) is 30.4 Å². The van der Waals surface area contributed by atoms with Crippen molar-refractivity contribution in [1.82, 2.24) is 0 Å². The highest BCUT2D eigenvalue weighted by Crippen LogP contribution is 2.52. The SMILES string of the molecule is O=P(OCc1ccccc1)(OCc1ccccc1)Oc1cccc(C2(c3ccccc3)CCCCC2)c1. The Balaban J connectivity index is 1.42. The molecule has 0 heterocycles. The van der Waals surface area contributed by atoms with E-state index in [1.807, 2.05) is 78.9 Å². The Kier molecular flexibility index (Phi) is 8.21. The molecule has 0 N–H and O–H groups in total. The summed E-state index contributed by atoms with van der Waals surface area (Å²) in [4.78, 5) is 0. The molecule has 0 amide bonds. The summed E-state index contributed by atoms with van der Waals surface area (Å²) in [5.41, 5.74) is 4.20. The Bertz CT molecular complexity index is 1250. The molecule has 190 valence electrons. The van der Waals surface area contributed by atoms with Crippen molar-refractivity contribution in [3.05, 3.63) is 138 Å². The van der Waals surface area contributed by atoms with E-state index in [0.29, 0.717) is 5.75 Å². The molecule has 4 aromatic rings. The van der Waals surface area contributed by atoms with Gasteiger partial charge in [0.2, 0.25) is 0 Å². The molecule has 37 heavy (non-hydrogen) atoms. The zero-order chi connectivity index (χ0) is 25.4. The second-order valence-corrected chi connectivity index (χ2v) is 11.2. The van der Waals surface area contributed by atoms with Crippen LogP contribution in [0.3, 0.4) is 0 Å². The number of phosphoric ester groups is 1. The topological polar surface area (TPSA) is 44.8 Å². The fraction of sp³-hybridized carbons (Fsp3) is 0.250. The van der Waals surface area contributed by atoms with Crippen LogP contribution in [0.25, 0.3) is 0 Å². The minimum Gasteiger partial charge on any atom is -0.404 e. The van der Waals surface area contributed by atoms with E-state index in [-0.39, 0.29) is 18.6 Å². The van der Waals surface area contributed by atoms with Gasteiger partial charge in [0.1, 0.15) is 5.75 Å². The largest absolute Gasteiger partial charge is 0.530 e. The molecule has 0 bridgehead atoms. The Hall–Kier alpha value is -3.17. The van der Waals surface area contributed by atoms with Crippen LogP contribution in [0.2, 0.25) is 0 Å². The monoisotopic (exact) mass is 512 g/mol. The maximum atomic E-state index is 13.9. The maximum absolute atomic E-state index is 13.9. The van der Waals surface area contributed by atoms with E-state index in [2.05, 4.69) is 36.4 Å². The zero-order valence-electron chi connectivity index (χ0n) is 21.0. The first-order valence-corrected chi connectivity index (χ1v) is 14.4. The van der Waals surface area contributed by atoms with Crippen LogP contribution in [0.5, 0.6) is 5.75 Å². The normalized spacial score (nSPS) is 15.2. The first kappa shape index (κ1) is 25.5. The average molecular weight is 513 g/mol. The van der Waals surface area contributed by atoms with Crippen LogP contribution in [0.4, 0.5) is 0 Å². The summed E-state index contributed by atoms with van der Waals surface area (Å²) in [5.74, 6) is 0.489. The lowest BCUT2D eigenvalue weighted by Crippen LogP contribution is -2.30. The summed E-state index contributed by atoms with van der Waals surface area (Å²) in [6.07, 6.45) is 5.76. The Morgan fingerprint density at radius 2 is 1.11 bits per heavy atom. The predicted molar refractivity (Wildman–Crippen MR) is 147 cm³/mol. The summed E-state index contributed by atoms with van der Waals surface area (Å²) in [5, 5.41) is 0. The molecule has 4 nitrogen and oxygen atoms in total. The second kappa shape index (κ2) is 11.9. The quantitative estimate of drug-likeness (QED) is 0.199. The maximum Gasteiger partial charge on any atom is 0.530 e. The van der Waals surface area contributed by atoms with Gasteiger partial charge < -0.3 is 4.52 Å². The van der Waals surface area contributed by atoms with Crippen molar-refractivity contribution in [2.24, 2.45) is 0 Å². The molecule has 0 aliphatic heterocycles. The highest BCUT2D eigenvalue weighted by molar-refractivity contribution is 7.48. The average Bonchev–Trinajstić information content (AvgIpc) is 2.97. The Morgan fingerprint density at radius 1 is 0.595 bits per heavy atom. The number of rotatable bonds is 10. The number of phosphoric acid groups is 1. The van der Waals surface area contributed by atoms with Gasteiger partial charge in [0.15, 0.2) is 0 Å². The molecule has 0 spiro atoms. The van der Waals surface area contributed by atoms with Crippen molar-refractivity contribution < 1.29 is 18.1 Å². The first-order chi connectivity index (χ1) is 18.2. The third-order valence-electron chi connectivity index (χ3n) is 7.10. The van der Waals surface area contributed by atoms with Crippen molar-refractivity contribution in [1.29, 1.82) is 0 Å². The van der Waals surface area contributed by atoms with Gasteiger partial charge in [-0.25, -0.2) is 4.57 Å². The van der Waals surface area contributed by atoms with E-state index >= 15 is 0 Å². The Morgan fingerprint density at radius 3 is 1.68 bits per heavy atom. The highest BCUT2D eigenvalue weighted by Gasteiger charge is 2.36. The minimum atomic E-state index is -3.93. The van der Waals surface area contributed by atoms with Gasteiger partial charge in [-0.05, 0) is 47.2 Å². The summed E-state index contributed by atoms with van der Waals surface area (Å²) < 4.78 is 31.7. The molecule has 0 atom stereocenters. The third-order valence-corrected chi connectivity index (χ3v) is 8.43. The molecule has 5 rings (SSSR count). The van der Waals surface area contributed by atoms with Crippen LogP contribution in [-0.2, 0) is 32.2 Å². The molecule has 0 unspecified atom stereocenters. The molecular formula is C32H33O4P. The standard InChI is InChI=1S/C32H33O4P/c33-37(34-25-27-14-5-1-6-15-27,35-26-28-16-7-2-8-17-28)36-31-21-13-20-30(24-31)32(22-11-4-12-23-32)29-18-9-3-10-19-29/h1-3,5-10,13-21,24H,4,11-12,22-23,25-26H2. The van der Waals surface area contributed by atoms with E-state index in [0.717, 1.165) is 24.0 Å². The minimum absolute atomic E-state index is 0.0847. The van der Waals surface area contributed by atoms with Crippen LogP contribution < -0.4 is 4.52 Å². The third kappa shape index (κ3) is 6.40. The molecule has 1 aliphatic rings. The fourth-order valence-corrected chi connectivity index (χ4v) is 6.35. The van der Waals surface area contributed by atoms with Gasteiger partial charge in [-0.2, -0.15) is 0 Å². The van der Waals surface area contributed by atoms with Crippen LogP contribution in [0, 0.1) is 0 Å². The van der Waals surface area contributed by atoms with Crippen LogP contribution >= 0.6 is 7.82 Å². The summed E-state index contributed by atoms with van der Waals surface area (Å²) >= 11 is 0. The van der Waals surface area contributed by atoms with Gasteiger partial charge in [0.05, 0.1) is 13.2 Å². The smallest absolute Gasteiger partial charge is 0.404 e. The summed E-state index contributed by atoms with van der Waals surface area (Å²) in [7, 11) is -3.93. The van der Waals surface area contributed by atoms with Crippen molar-refractivity contribution >= 4 is 7.82 Å². The predicted octanol–water partition coefficient (Wildman–Crippen LogP) is 8.86. The van der Waals surface area contributed by atoms with Crippen LogP contribution in [-0.4, -0.2) is 0 Å². The Labute approximate surface area is 219 Å². The van der Waals surface area contributed by atoms with Gasteiger partial charge >= 0.3 is 7.82 Å². The first-order valence-electron chi connectivity index (χ1n) is 13.0. The number of hydrogen-bond donors (Lipinski definition) is 0. The van der Waals surface area contributed by atoms with Gasteiger partial charge in [0.25, 0.3) is 0 Å². The zero-order valence-corrected chi connectivity index (χ0v) is 21.9. The molecule has 1 fully saturated rings. The molecular weight excluding hydrogens is 479 g/mol. The van der Waals surface area contributed by atoms with Crippen molar-refractivity contribution in [2.75, 3.05) is 0 Å². The van der Waals surface area contributed by atoms with Gasteiger partial charge in [-0.1, -0.05) is 122 Å². The van der Waals surface area contributed by atoms with Gasteiger partial charge in [-0.3, -0.25) is 9.05 Å². The fourth-order valence-electron chi connectivity index (χ4n) is 5.18. The van der Waals surface area contributed by atoms with Crippen molar-refractivity contribution in [2.45, 2.75) is 50.7 Å². The summed E-state index contributed by atoms with van der Waals surface area (Å²) in [6, 6.07) is 37.9. The molecule has 4 aromatic carbocycles. The van der Waals surface area contributed by atoms with Crippen molar-refractivity contribution in [3.63, 3.8) is 0 Å². The van der Waals surface area contributed by atoms with Crippen LogP contribution in [0.1, 0.15) is 54.4 Å². The lowest BCUT2D eigenvalue weighted by molar-refractivity contribution is 0.143. The van der Waals surface area contributed by atoms with Crippen molar-refractivity contribution in [3.8, 4) is 5.75 Å². The lowest BCUT2D eigenvalue weighted by atomic mass is 9.65. The van der Waals surface area contributed by atoms with E-state index in [9.17, 15) is 4.57 Å². The molecule has 1 saturated carbocycles. The van der Waals surface area contributed by atoms with E-state index in [4.69, 9.17) is 13.6 Å². The van der Waals surface area contributed by atoms with Crippen LogP contribution in [0.15, 0.2) is 115 Å². The lowest BCUT2D eigenvalue weighted by Gasteiger charge is -2.38. The van der Waals surface area contributed by atoms with Gasteiger partial charge in [0, 0.05) is 5.41 Å². The molecule has 0 radical (unpaired) electrons. The van der Waals surface area contributed by atoms with Gasteiger partial charge in [-0.15, -0.1) is 0 Å². The second-order valence-electron chi connectivity index (χ2n) is 9.59. The molecule has 1 aliphatic carbocycles.